The molecule has 2 aromatic heterocycles. The van der Waals surface area contributed by atoms with E-state index < -0.39 is 17.0 Å². The van der Waals surface area contributed by atoms with Gasteiger partial charge in [-0.1, -0.05) is 0 Å². The molecule has 1 unspecified atom stereocenters. The zero-order chi connectivity index (χ0) is 16.3. The number of aliphatic hydroxyl groups is 1. The van der Waals surface area contributed by atoms with E-state index in [1.165, 1.54) is 19.3 Å². The molecule has 0 aliphatic carbocycles. The predicted octanol–water partition coefficient (Wildman–Crippen LogP) is 1.88. The third kappa shape index (κ3) is 2.82. The summed E-state index contributed by atoms with van der Waals surface area (Å²) in [6.45, 7) is 3.17. The molecular formula is C14H15N3O5. The fourth-order valence-electron chi connectivity index (χ4n) is 2.17. The number of aromatic nitrogens is 2. The number of ether oxygens (including phenoxy) is 1. The number of esters is 1. The lowest BCUT2D eigenvalue weighted by atomic mass is 10.1. The number of aromatic amines is 1. The second kappa shape index (κ2) is 6.35. The highest BCUT2D eigenvalue weighted by molar-refractivity contribution is 5.93. The van der Waals surface area contributed by atoms with Crippen molar-refractivity contribution in [3.8, 4) is 0 Å². The van der Waals surface area contributed by atoms with Gasteiger partial charge in [0.05, 0.1) is 22.8 Å². The van der Waals surface area contributed by atoms with E-state index in [0.29, 0.717) is 5.56 Å². The van der Waals surface area contributed by atoms with Crippen LogP contribution in [0.15, 0.2) is 24.5 Å². The lowest BCUT2D eigenvalue weighted by molar-refractivity contribution is -0.385. The standard InChI is InChI=1S/C14H15N3O5/c1-3-22-14(19)11-12(17(20)21)8(2)10(16-11)13(18)9-4-6-15-7-5-9/h4-7,13,16,18H,3H2,1-2H3. The van der Waals surface area contributed by atoms with Crippen LogP contribution in [0.1, 0.15) is 40.3 Å². The number of H-pyrrole nitrogens is 1. The smallest absolute Gasteiger partial charge is 0.361 e. The Balaban J connectivity index is 2.51. The van der Waals surface area contributed by atoms with Gasteiger partial charge in [-0.15, -0.1) is 0 Å². The van der Waals surface area contributed by atoms with Gasteiger partial charge in [-0.2, -0.15) is 0 Å². The Morgan fingerprint density at radius 1 is 1.50 bits per heavy atom. The average molecular weight is 305 g/mol. The molecule has 2 heterocycles. The first-order valence-corrected chi connectivity index (χ1v) is 6.59. The number of carbonyl (C=O) groups is 1. The van der Waals surface area contributed by atoms with Crippen molar-refractivity contribution in [2.24, 2.45) is 0 Å². The summed E-state index contributed by atoms with van der Waals surface area (Å²) in [5.41, 5.74) is 0.219. The average Bonchev–Trinajstić information content (AvgIpc) is 2.85. The molecule has 0 spiro atoms. The van der Waals surface area contributed by atoms with Crippen LogP contribution >= 0.6 is 0 Å². The molecular weight excluding hydrogens is 290 g/mol. The van der Waals surface area contributed by atoms with Crippen molar-refractivity contribution in [3.63, 3.8) is 0 Å². The zero-order valence-electron chi connectivity index (χ0n) is 12.1. The van der Waals surface area contributed by atoms with Gasteiger partial charge in [0.15, 0.2) is 0 Å². The number of nitrogens with zero attached hydrogens (tertiary/aromatic N) is 2. The van der Waals surface area contributed by atoms with Gasteiger partial charge in [0.2, 0.25) is 5.69 Å². The maximum absolute atomic E-state index is 11.8. The summed E-state index contributed by atoms with van der Waals surface area (Å²) in [7, 11) is 0. The minimum Gasteiger partial charge on any atom is -0.461 e. The van der Waals surface area contributed by atoms with Gasteiger partial charge in [0.25, 0.3) is 0 Å². The van der Waals surface area contributed by atoms with Crippen molar-refractivity contribution in [1.82, 2.24) is 9.97 Å². The lowest BCUT2D eigenvalue weighted by Gasteiger charge is -2.09. The van der Waals surface area contributed by atoms with Gasteiger partial charge in [-0.05, 0) is 31.5 Å². The Kier molecular flexibility index (Phi) is 4.52. The van der Waals surface area contributed by atoms with Gasteiger partial charge < -0.3 is 14.8 Å². The van der Waals surface area contributed by atoms with Crippen LogP contribution in [0, 0.1) is 17.0 Å². The van der Waals surface area contributed by atoms with Crippen LogP contribution in [0.5, 0.6) is 0 Å². The maximum atomic E-state index is 11.8. The Hall–Kier alpha value is -2.74. The number of nitro groups is 1. The molecule has 0 aliphatic rings. The van der Waals surface area contributed by atoms with Crippen molar-refractivity contribution in [2.75, 3.05) is 6.61 Å². The van der Waals surface area contributed by atoms with Crippen molar-refractivity contribution >= 4 is 11.7 Å². The van der Waals surface area contributed by atoms with Crippen LogP contribution in [0.4, 0.5) is 5.69 Å². The largest absolute Gasteiger partial charge is 0.461 e. The maximum Gasteiger partial charge on any atom is 0.361 e. The fraction of sp³-hybridized carbons (Fsp3) is 0.286. The molecule has 8 heteroatoms. The van der Waals surface area contributed by atoms with Crippen LogP contribution in [0.3, 0.4) is 0 Å². The Morgan fingerprint density at radius 3 is 2.68 bits per heavy atom. The van der Waals surface area contributed by atoms with Gasteiger partial charge in [0.1, 0.15) is 6.10 Å². The van der Waals surface area contributed by atoms with Crippen LogP contribution in [-0.4, -0.2) is 32.6 Å². The third-order valence-electron chi connectivity index (χ3n) is 3.21. The van der Waals surface area contributed by atoms with E-state index in [-0.39, 0.29) is 29.2 Å². The molecule has 2 rings (SSSR count). The second-order valence-electron chi connectivity index (χ2n) is 4.55. The van der Waals surface area contributed by atoms with E-state index in [2.05, 4.69) is 9.97 Å². The van der Waals surface area contributed by atoms with Crippen LogP contribution in [0.25, 0.3) is 0 Å². The summed E-state index contributed by atoms with van der Waals surface area (Å²) < 4.78 is 4.81. The number of hydrogen-bond donors (Lipinski definition) is 2. The topological polar surface area (TPSA) is 118 Å². The molecule has 0 aliphatic heterocycles. The summed E-state index contributed by atoms with van der Waals surface area (Å²) in [6, 6.07) is 3.17. The molecule has 0 amide bonds. The van der Waals surface area contributed by atoms with Gasteiger partial charge >= 0.3 is 11.7 Å². The molecule has 0 saturated carbocycles. The Labute approximate surface area is 125 Å². The Morgan fingerprint density at radius 2 is 2.14 bits per heavy atom. The van der Waals surface area contributed by atoms with Crippen molar-refractivity contribution < 1.29 is 19.6 Å². The van der Waals surface area contributed by atoms with E-state index in [1.807, 2.05) is 0 Å². The van der Waals surface area contributed by atoms with Crippen LogP contribution in [0.2, 0.25) is 0 Å². The number of hydrogen-bond acceptors (Lipinski definition) is 6. The van der Waals surface area contributed by atoms with Crippen LogP contribution < -0.4 is 0 Å². The summed E-state index contributed by atoms with van der Waals surface area (Å²) >= 11 is 0. The molecule has 1 atom stereocenters. The quantitative estimate of drug-likeness (QED) is 0.494. The summed E-state index contributed by atoms with van der Waals surface area (Å²) in [4.78, 5) is 28.9. The summed E-state index contributed by atoms with van der Waals surface area (Å²) in [5, 5.41) is 21.6. The predicted molar refractivity (Wildman–Crippen MR) is 76.4 cm³/mol. The van der Waals surface area contributed by atoms with Crippen LogP contribution in [-0.2, 0) is 4.74 Å². The monoisotopic (exact) mass is 305 g/mol. The normalized spacial score (nSPS) is 12.0. The second-order valence-corrected chi connectivity index (χ2v) is 4.55. The highest BCUT2D eigenvalue weighted by atomic mass is 16.6. The molecule has 2 aromatic rings. The van der Waals surface area contributed by atoms with E-state index in [0.717, 1.165) is 0 Å². The van der Waals surface area contributed by atoms with Gasteiger partial charge in [0, 0.05) is 12.4 Å². The SMILES string of the molecule is CCOC(=O)c1[nH]c(C(O)c2ccncc2)c(C)c1[N+](=O)[O-]. The summed E-state index contributed by atoms with van der Waals surface area (Å²) in [5.74, 6) is -0.828. The zero-order valence-corrected chi connectivity index (χ0v) is 12.1. The molecule has 0 radical (unpaired) electrons. The fourth-order valence-corrected chi connectivity index (χ4v) is 2.17. The number of nitrogens with one attached hydrogen (secondary N) is 1. The number of carbonyl (C=O) groups excluding carboxylic acids is 1. The van der Waals surface area contributed by atoms with Gasteiger partial charge in [-0.3, -0.25) is 15.1 Å². The van der Waals surface area contributed by atoms with Crippen molar-refractivity contribution in [2.45, 2.75) is 20.0 Å². The molecule has 0 aromatic carbocycles. The molecule has 116 valence electrons. The molecule has 0 fully saturated rings. The first-order chi connectivity index (χ1) is 10.5. The minimum absolute atomic E-state index is 0.0935. The highest BCUT2D eigenvalue weighted by Gasteiger charge is 2.32. The lowest BCUT2D eigenvalue weighted by Crippen LogP contribution is -2.08. The Bertz CT molecular complexity index is 696. The van der Waals surface area contributed by atoms with Gasteiger partial charge in [-0.25, -0.2) is 4.79 Å². The molecule has 0 bridgehead atoms. The van der Waals surface area contributed by atoms with Crippen molar-refractivity contribution in [3.05, 3.63) is 57.2 Å². The molecule has 8 nitrogen and oxygen atoms in total. The number of aliphatic hydroxyl groups excluding tert-OH is 1. The minimum atomic E-state index is -1.13. The number of rotatable bonds is 5. The van der Waals surface area contributed by atoms with E-state index in [9.17, 15) is 20.0 Å². The van der Waals surface area contributed by atoms with E-state index in [4.69, 9.17) is 4.74 Å². The molecule has 2 N–H and O–H groups in total. The number of pyridine rings is 1. The van der Waals surface area contributed by atoms with E-state index in [1.54, 1.807) is 19.1 Å². The third-order valence-corrected chi connectivity index (χ3v) is 3.21. The first kappa shape index (κ1) is 15.6. The van der Waals surface area contributed by atoms with Crippen molar-refractivity contribution in [1.29, 1.82) is 0 Å². The molecule has 0 saturated heterocycles. The van der Waals surface area contributed by atoms with E-state index >= 15 is 0 Å². The summed E-state index contributed by atoms with van der Waals surface area (Å²) in [6.07, 6.45) is 1.86. The molecule has 22 heavy (non-hydrogen) atoms. The highest BCUT2D eigenvalue weighted by Crippen LogP contribution is 2.33. The first-order valence-electron chi connectivity index (χ1n) is 6.59.